The van der Waals surface area contributed by atoms with Crippen molar-refractivity contribution in [3.63, 3.8) is 0 Å². The first-order valence-electron chi connectivity index (χ1n) is 5.36. The average Bonchev–Trinajstić information content (AvgIpc) is 2.75. The maximum absolute atomic E-state index is 13.3. The van der Waals surface area contributed by atoms with Gasteiger partial charge in [0, 0.05) is 6.20 Å². The van der Waals surface area contributed by atoms with Crippen LogP contribution in [0.2, 0.25) is 0 Å². The lowest BCUT2D eigenvalue weighted by atomic mass is 10.2. The highest BCUT2D eigenvalue weighted by molar-refractivity contribution is 5.91. The van der Waals surface area contributed by atoms with Crippen LogP contribution in [0.1, 0.15) is 5.56 Å². The van der Waals surface area contributed by atoms with Crippen LogP contribution in [0.15, 0.2) is 30.6 Å². The van der Waals surface area contributed by atoms with Gasteiger partial charge in [0.1, 0.15) is 24.0 Å². The molecule has 0 radical (unpaired) electrons. The molecule has 0 fully saturated rings. The van der Waals surface area contributed by atoms with Crippen molar-refractivity contribution in [3.05, 3.63) is 42.0 Å². The van der Waals surface area contributed by atoms with E-state index in [1.54, 1.807) is 6.07 Å². The summed E-state index contributed by atoms with van der Waals surface area (Å²) in [6.45, 7) is -0.0709. The van der Waals surface area contributed by atoms with Gasteiger partial charge in [-0.25, -0.2) is 4.39 Å². The number of carbonyl (C=O) groups is 1. The maximum Gasteiger partial charge on any atom is 0.246 e. The first-order valence-corrected chi connectivity index (χ1v) is 5.36. The second-order valence-electron chi connectivity index (χ2n) is 3.79. The van der Waals surface area contributed by atoms with E-state index in [2.05, 4.69) is 10.4 Å². The Bertz CT molecular complexity index is 658. The number of hydrogen-bond acceptors (Lipinski definition) is 4. The third-order valence-corrected chi connectivity index (χ3v) is 2.36. The number of hydrogen-bond donors (Lipinski definition) is 2. The number of nitriles is 1. The van der Waals surface area contributed by atoms with Crippen molar-refractivity contribution in [1.82, 2.24) is 9.78 Å². The fourth-order valence-electron chi connectivity index (χ4n) is 1.54. The molecule has 3 N–H and O–H groups in total. The molecular formula is C12H10FN5O. The topological polar surface area (TPSA) is 96.7 Å². The molecule has 7 heteroatoms. The number of anilines is 2. The van der Waals surface area contributed by atoms with Gasteiger partial charge in [-0.1, -0.05) is 6.07 Å². The summed E-state index contributed by atoms with van der Waals surface area (Å²) in [4.78, 5) is 11.7. The van der Waals surface area contributed by atoms with Gasteiger partial charge in [-0.05, 0) is 12.1 Å². The summed E-state index contributed by atoms with van der Waals surface area (Å²) in [7, 11) is 0. The van der Waals surface area contributed by atoms with E-state index in [0.717, 1.165) is 6.07 Å². The molecule has 0 aliphatic heterocycles. The minimum absolute atomic E-state index is 0.0709. The standard InChI is InChI=1S/C12H10FN5O/c13-10-2-1-3-11(9(10)4-14)17-12(19)7-18-6-8(15)5-16-18/h1-3,5-6H,7,15H2,(H,17,19). The predicted molar refractivity (Wildman–Crippen MR) is 66.4 cm³/mol. The van der Waals surface area contributed by atoms with E-state index in [0.29, 0.717) is 5.69 Å². The average molecular weight is 259 g/mol. The van der Waals surface area contributed by atoms with Gasteiger partial charge in [-0.2, -0.15) is 10.4 Å². The second-order valence-corrected chi connectivity index (χ2v) is 3.79. The summed E-state index contributed by atoms with van der Waals surface area (Å²) in [6, 6.07) is 5.73. The van der Waals surface area contributed by atoms with Crippen molar-refractivity contribution in [3.8, 4) is 6.07 Å². The second kappa shape index (κ2) is 5.18. The maximum atomic E-state index is 13.3. The molecule has 0 atom stereocenters. The van der Waals surface area contributed by atoms with Crippen molar-refractivity contribution in [2.24, 2.45) is 0 Å². The van der Waals surface area contributed by atoms with Crippen LogP contribution in [-0.4, -0.2) is 15.7 Å². The molecule has 19 heavy (non-hydrogen) atoms. The first kappa shape index (κ1) is 12.6. The predicted octanol–water partition coefficient (Wildman–Crippen LogP) is 1.11. The molecule has 0 spiro atoms. The minimum atomic E-state index is -0.677. The van der Waals surface area contributed by atoms with Gasteiger partial charge in [-0.15, -0.1) is 0 Å². The lowest BCUT2D eigenvalue weighted by Crippen LogP contribution is -2.19. The quantitative estimate of drug-likeness (QED) is 0.862. The Morgan fingerprint density at radius 3 is 3.00 bits per heavy atom. The molecular weight excluding hydrogens is 249 g/mol. The van der Waals surface area contributed by atoms with E-state index in [1.807, 2.05) is 0 Å². The van der Waals surface area contributed by atoms with Crippen LogP contribution in [0.4, 0.5) is 15.8 Å². The molecule has 0 saturated heterocycles. The molecule has 1 aromatic heterocycles. The highest BCUT2D eigenvalue weighted by Crippen LogP contribution is 2.17. The molecule has 0 bridgehead atoms. The third-order valence-electron chi connectivity index (χ3n) is 2.36. The Balaban J connectivity index is 2.11. The molecule has 2 aromatic rings. The number of halogens is 1. The normalized spacial score (nSPS) is 9.89. The number of nitrogens with two attached hydrogens (primary N) is 1. The largest absolute Gasteiger partial charge is 0.396 e. The van der Waals surface area contributed by atoms with Crippen molar-refractivity contribution >= 4 is 17.3 Å². The number of nitrogens with zero attached hydrogens (tertiary/aromatic N) is 3. The van der Waals surface area contributed by atoms with Crippen molar-refractivity contribution in [2.75, 3.05) is 11.1 Å². The van der Waals surface area contributed by atoms with E-state index >= 15 is 0 Å². The molecule has 0 unspecified atom stereocenters. The van der Waals surface area contributed by atoms with Crippen molar-refractivity contribution in [2.45, 2.75) is 6.54 Å². The highest BCUT2D eigenvalue weighted by atomic mass is 19.1. The van der Waals surface area contributed by atoms with Crippen LogP contribution < -0.4 is 11.1 Å². The number of nitrogens with one attached hydrogen (secondary N) is 1. The number of benzene rings is 1. The van der Waals surface area contributed by atoms with Gasteiger partial charge >= 0.3 is 0 Å². The fourth-order valence-corrected chi connectivity index (χ4v) is 1.54. The number of nitrogen functional groups attached to an aromatic ring is 1. The number of rotatable bonds is 3. The molecule has 0 aliphatic carbocycles. The Hall–Kier alpha value is -2.88. The van der Waals surface area contributed by atoms with Crippen LogP contribution in [0, 0.1) is 17.1 Å². The fraction of sp³-hybridized carbons (Fsp3) is 0.0833. The van der Waals surface area contributed by atoms with Crippen LogP contribution in [0.3, 0.4) is 0 Å². The Morgan fingerprint density at radius 1 is 1.58 bits per heavy atom. The number of amides is 1. The minimum Gasteiger partial charge on any atom is -0.396 e. The van der Waals surface area contributed by atoms with Crippen LogP contribution in [0.25, 0.3) is 0 Å². The lowest BCUT2D eigenvalue weighted by Gasteiger charge is -2.07. The molecule has 0 saturated carbocycles. The summed E-state index contributed by atoms with van der Waals surface area (Å²) >= 11 is 0. The van der Waals surface area contributed by atoms with E-state index in [9.17, 15) is 9.18 Å². The smallest absolute Gasteiger partial charge is 0.246 e. The molecule has 0 aliphatic rings. The highest BCUT2D eigenvalue weighted by Gasteiger charge is 2.11. The van der Waals surface area contributed by atoms with Gasteiger partial charge in [0.15, 0.2) is 0 Å². The molecule has 1 heterocycles. The van der Waals surface area contributed by atoms with Gasteiger partial charge < -0.3 is 11.1 Å². The van der Waals surface area contributed by atoms with E-state index in [4.69, 9.17) is 11.0 Å². The van der Waals surface area contributed by atoms with Crippen molar-refractivity contribution in [1.29, 1.82) is 5.26 Å². The summed E-state index contributed by atoms with van der Waals surface area (Å²) in [5.41, 5.74) is 5.84. The molecule has 2 rings (SSSR count). The zero-order valence-electron chi connectivity index (χ0n) is 9.80. The molecule has 96 valence electrons. The van der Waals surface area contributed by atoms with E-state index in [1.165, 1.54) is 29.2 Å². The molecule has 1 aromatic carbocycles. The molecule has 1 amide bonds. The van der Waals surface area contributed by atoms with Gasteiger partial charge in [0.25, 0.3) is 0 Å². The van der Waals surface area contributed by atoms with E-state index < -0.39 is 11.7 Å². The Labute approximate surface area is 108 Å². The van der Waals surface area contributed by atoms with Gasteiger partial charge in [0.05, 0.1) is 17.6 Å². The molecule has 6 nitrogen and oxygen atoms in total. The summed E-state index contributed by atoms with van der Waals surface area (Å²) in [5, 5.41) is 15.1. The SMILES string of the molecule is N#Cc1c(F)cccc1NC(=O)Cn1cc(N)cn1. The Kier molecular flexibility index (Phi) is 3.43. The monoisotopic (exact) mass is 259 g/mol. The Morgan fingerprint density at radius 2 is 2.37 bits per heavy atom. The summed E-state index contributed by atoms with van der Waals surface area (Å²) in [5.74, 6) is -1.10. The van der Waals surface area contributed by atoms with Gasteiger partial charge in [0.2, 0.25) is 5.91 Å². The zero-order chi connectivity index (χ0) is 13.8. The van der Waals surface area contributed by atoms with Crippen LogP contribution in [0.5, 0.6) is 0 Å². The number of aromatic nitrogens is 2. The summed E-state index contributed by atoms with van der Waals surface area (Å²) in [6.07, 6.45) is 2.91. The van der Waals surface area contributed by atoms with Crippen LogP contribution >= 0.6 is 0 Å². The third kappa shape index (κ3) is 2.87. The summed E-state index contributed by atoms with van der Waals surface area (Å²) < 4.78 is 14.7. The zero-order valence-corrected chi connectivity index (χ0v) is 9.80. The lowest BCUT2D eigenvalue weighted by molar-refractivity contribution is -0.116. The van der Waals surface area contributed by atoms with E-state index in [-0.39, 0.29) is 17.8 Å². The number of carbonyl (C=O) groups excluding carboxylic acids is 1. The van der Waals surface area contributed by atoms with Gasteiger partial charge in [-0.3, -0.25) is 9.48 Å². The first-order chi connectivity index (χ1) is 9.10. The van der Waals surface area contributed by atoms with Crippen LogP contribution in [-0.2, 0) is 11.3 Å². The van der Waals surface area contributed by atoms with Crippen molar-refractivity contribution < 1.29 is 9.18 Å².